The minimum Gasteiger partial charge on any atom is -0.408 e. The molecule has 114 valence electrons. The zero-order valence-electron chi connectivity index (χ0n) is 12.1. The average molecular weight is 300 g/mol. The number of hydrogen-bond acceptors (Lipinski definition) is 4. The lowest BCUT2D eigenvalue weighted by atomic mass is 10.2. The molecule has 3 aromatic rings. The van der Waals surface area contributed by atoms with E-state index in [9.17, 15) is 9.59 Å². The minimum absolute atomic E-state index is 0.229. The second-order valence-electron chi connectivity index (χ2n) is 5.00. The van der Waals surface area contributed by atoms with Crippen LogP contribution in [0.2, 0.25) is 0 Å². The zero-order chi connectivity index (χ0) is 15.5. The fourth-order valence-electron chi connectivity index (χ4n) is 2.36. The van der Waals surface area contributed by atoms with E-state index in [2.05, 4.69) is 15.3 Å². The molecule has 0 fully saturated rings. The van der Waals surface area contributed by atoms with Crippen LogP contribution in [0.5, 0.6) is 0 Å². The van der Waals surface area contributed by atoms with E-state index in [0.29, 0.717) is 24.1 Å². The number of fused-ring (bicyclic) bond motifs is 1. The van der Waals surface area contributed by atoms with Crippen molar-refractivity contribution in [3.8, 4) is 0 Å². The summed E-state index contributed by atoms with van der Waals surface area (Å²) in [6, 6.07) is 6.41. The van der Waals surface area contributed by atoms with Crippen molar-refractivity contribution in [1.82, 2.24) is 19.9 Å². The van der Waals surface area contributed by atoms with E-state index in [0.717, 1.165) is 5.69 Å². The van der Waals surface area contributed by atoms with Gasteiger partial charge in [-0.2, -0.15) is 0 Å². The number of hydrogen-bond donors (Lipinski definition) is 2. The second kappa shape index (κ2) is 5.88. The highest BCUT2D eigenvalue weighted by molar-refractivity contribution is 5.82. The molecular weight excluding hydrogens is 284 g/mol. The number of carbonyl (C=O) groups excluding carboxylic acids is 1. The average Bonchev–Trinajstić information content (AvgIpc) is 3.13. The standard InChI is InChI=1S/C15H16N4O3/c1-10(14(20)17-7-6-11-8-16-9-18-11)19-12-4-2-3-5-13(12)22-15(19)21/h2-5,8-10H,6-7H2,1H3,(H,16,18)(H,17,20). The fraction of sp³-hybridized carbons (Fsp3) is 0.267. The van der Waals surface area contributed by atoms with Crippen LogP contribution >= 0.6 is 0 Å². The number of aromatic nitrogens is 3. The predicted molar refractivity (Wildman–Crippen MR) is 80.5 cm³/mol. The second-order valence-corrected chi connectivity index (χ2v) is 5.00. The van der Waals surface area contributed by atoms with Gasteiger partial charge in [-0.25, -0.2) is 9.78 Å². The molecule has 0 aliphatic heterocycles. The molecule has 1 aromatic carbocycles. The van der Waals surface area contributed by atoms with E-state index >= 15 is 0 Å². The smallest absolute Gasteiger partial charge is 0.408 e. The number of oxazole rings is 1. The molecule has 2 aromatic heterocycles. The van der Waals surface area contributed by atoms with Gasteiger partial charge in [0.05, 0.1) is 11.8 Å². The summed E-state index contributed by atoms with van der Waals surface area (Å²) in [6.45, 7) is 2.14. The normalized spacial score (nSPS) is 12.4. The Labute approximate surface area is 126 Å². The summed E-state index contributed by atoms with van der Waals surface area (Å²) in [4.78, 5) is 31.1. The van der Waals surface area contributed by atoms with Gasteiger partial charge in [-0.15, -0.1) is 0 Å². The highest BCUT2D eigenvalue weighted by atomic mass is 16.4. The minimum atomic E-state index is -0.641. The molecule has 1 amide bonds. The first kappa shape index (κ1) is 14.1. The van der Waals surface area contributed by atoms with Crippen LogP contribution in [0, 0.1) is 0 Å². The van der Waals surface area contributed by atoms with Crippen LogP contribution in [-0.2, 0) is 11.2 Å². The third-order valence-corrected chi connectivity index (χ3v) is 3.53. The van der Waals surface area contributed by atoms with Crippen LogP contribution in [0.15, 0.2) is 46.0 Å². The molecule has 0 bridgehead atoms. The third-order valence-electron chi connectivity index (χ3n) is 3.53. The van der Waals surface area contributed by atoms with E-state index in [1.54, 1.807) is 43.7 Å². The van der Waals surface area contributed by atoms with Crippen molar-refractivity contribution in [1.29, 1.82) is 0 Å². The summed E-state index contributed by atoms with van der Waals surface area (Å²) in [5.41, 5.74) is 2.03. The maximum Gasteiger partial charge on any atom is 0.420 e. The number of nitrogens with one attached hydrogen (secondary N) is 2. The van der Waals surface area contributed by atoms with Gasteiger partial charge in [0, 0.05) is 24.9 Å². The van der Waals surface area contributed by atoms with Crippen LogP contribution in [0.3, 0.4) is 0 Å². The number of imidazole rings is 1. The first-order valence-corrected chi connectivity index (χ1v) is 7.02. The quantitative estimate of drug-likeness (QED) is 0.741. The van der Waals surface area contributed by atoms with Crippen molar-refractivity contribution in [2.45, 2.75) is 19.4 Å². The van der Waals surface area contributed by atoms with Gasteiger partial charge in [-0.1, -0.05) is 12.1 Å². The summed E-state index contributed by atoms with van der Waals surface area (Å²) in [7, 11) is 0. The predicted octanol–water partition coefficient (Wildman–Crippen LogP) is 1.24. The molecule has 0 aliphatic carbocycles. The molecule has 22 heavy (non-hydrogen) atoms. The molecule has 7 nitrogen and oxygen atoms in total. The van der Waals surface area contributed by atoms with E-state index in [4.69, 9.17) is 4.42 Å². The molecule has 0 saturated carbocycles. The molecule has 2 heterocycles. The van der Waals surface area contributed by atoms with Gasteiger partial charge in [0.15, 0.2) is 5.58 Å². The first-order valence-electron chi connectivity index (χ1n) is 7.02. The number of carbonyl (C=O) groups is 1. The van der Waals surface area contributed by atoms with Crippen molar-refractivity contribution < 1.29 is 9.21 Å². The third kappa shape index (κ3) is 2.65. The van der Waals surface area contributed by atoms with Crippen LogP contribution in [0.25, 0.3) is 11.1 Å². The summed E-state index contributed by atoms with van der Waals surface area (Å²) in [5, 5.41) is 2.81. The molecule has 1 unspecified atom stereocenters. The van der Waals surface area contributed by atoms with E-state index < -0.39 is 11.8 Å². The van der Waals surface area contributed by atoms with Crippen molar-refractivity contribution in [3.63, 3.8) is 0 Å². The summed E-state index contributed by atoms with van der Waals surface area (Å²) < 4.78 is 6.51. The Hall–Kier alpha value is -2.83. The van der Waals surface area contributed by atoms with Crippen LogP contribution in [-0.4, -0.2) is 27.0 Å². The highest BCUT2D eigenvalue weighted by Crippen LogP contribution is 2.16. The van der Waals surface area contributed by atoms with Crippen molar-refractivity contribution in [3.05, 3.63) is 53.0 Å². The van der Waals surface area contributed by atoms with Crippen LogP contribution < -0.4 is 11.1 Å². The Bertz CT molecular complexity index is 832. The Morgan fingerprint density at radius 1 is 1.45 bits per heavy atom. The molecule has 7 heteroatoms. The van der Waals surface area contributed by atoms with Gasteiger partial charge in [0.1, 0.15) is 6.04 Å². The Balaban J connectivity index is 1.72. The number of para-hydroxylation sites is 2. The largest absolute Gasteiger partial charge is 0.420 e. The summed E-state index contributed by atoms with van der Waals surface area (Å²) in [6.07, 6.45) is 3.96. The number of benzene rings is 1. The van der Waals surface area contributed by atoms with Crippen LogP contribution in [0.4, 0.5) is 0 Å². The van der Waals surface area contributed by atoms with Gasteiger partial charge in [-0.3, -0.25) is 9.36 Å². The number of rotatable bonds is 5. The zero-order valence-corrected chi connectivity index (χ0v) is 12.1. The van der Waals surface area contributed by atoms with E-state index in [1.807, 2.05) is 0 Å². The number of H-pyrrole nitrogens is 1. The number of nitrogens with zero attached hydrogens (tertiary/aromatic N) is 2. The molecule has 0 saturated heterocycles. The Morgan fingerprint density at radius 2 is 2.27 bits per heavy atom. The summed E-state index contributed by atoms with van der Waals surface area (Å²) >= 11 is 0. The van der Waals surface area contributed by atoms with Gasteiger partial charge >= 0.3 is 5.76 Å². The summed E-state index contributed by atoms with van der Waals surface area (Å²) in [5.74, 6) is -0.759. The first-order chi connectivity index (χ1) is 10.7. The lowest BCUT2D eigenvalue weighted by molar-refractivity contribution is -0.123. The van der Waals surface area contributed by atoms with Crippen molar-refractivity contribution in [2.24, 2.45) is 0 Å². The van der Waals surface area contributed by atoms with Crippen molar-refractivity contribution in [2.75, 3.05) is 6.54 Å². The molecule has 2 N–H and O–H groups in total. The van der Waals surface area contributed by atoms with Gasteiger partial charge in [0.25, 0.3) is 0 Å². The highest BCUT2D eigenvalue weighted by Gasteiger charge is 2.20. The topological polar surface area (TPSA) is 92.9 Å². The van der Waals surface area contributed by atoms with Gasteiger partial charge < -0.3 is 14.7 Å². The van der Waals surface area contributed by atoms with E-state index in [-0.39, 0.29) is 5.91 Å². The van der Waals surface area contributed by atoms with E-state index in [1.165, 1.54) is 4.57 Å². The lowest BCUT2D eigenvalue weighted by Gasteiger charge is -2.12. The maximum atomic E-state index is 12.2. The molecular formula is C15H16N4O3. The Morgan fingerprint density at radius 3 is 3.05 bits per heavy atom. The lowest BCUT2D eigenvalue weighted by Crippen LogP contribution is -2.35. The fourth-order valence-corrected chi connectivity index (χ4v) is 2.36. The molecule has 3 rings (SSSR count). The van der Waals surface area contributed by atoms with Gasteiger partial charge in [0.2, 0.25) is 5.91 Å². The monoisotopic (exact) mass is 300 g/mol. The molecule has 1 atom stereocenters. The number of aromatic amines is 1. The molecule has 0 spiro atoms. The number of amides is 1. The molecule has 0 aliphatic rings. The molecule has 0 radical (unpaired) electrons. The van der Waals surface area contributed by atoms with Gasteiger partial charge in [-0.05, 0) is 19.1 Å². The van der Waals surface area contributed by atoms with Crippen LogP contribution in [0.1, 0.15) is 18.7 Å². The maximum absolute atomic E-state index is 12.2. The Kier molecular flexibility index (Phi) is 3.78. The SMILES string of the molecule is CC(C(=O)NCCc1cnc[nH]1)n1c(=O)oc2ccccc21. The van der Waals surface area contributed by atoms with Crippen molar-refractivity contribution >= 4 is 17.0 Å².